The summed E-state index contributed by atoms with van der Waals surface area (Å²) in [6.07, 6.45) is 0. The summed E-state index contributed by atoms with van der Waals surface area (Å²) in [7, 11) is 0. The number of rotatable bonds is 4. The number of amidine groups is 1. The lowest BCUT2D eigenvalue weighted by Gasteiger charge is -2.14. The van der Waals surface area contributed by atoms with Crippen LogP contribution in [-0.4, -0.2) is 11.6 Å². The van der Waals surface area contributed by atoms with Crippen LogP contribution in [0.2, 0.25) is 0 Å². The predicted molar refractivity (Wildman–Crippen MR) is 87.5 cm³/mol. The summed E-state index contributed by atoms with van der Waals surface area (Å²) >= 11 is 4.16. The van der Waals surface area contributed by atoms with E-state index in [0.29, 0.717) is 11.6 Å². The number of nitrogens with zero attached hydrogens (tertiary/aromatic N) is 1. The molecule has 0 aliphatic rings. The Bertz CT molecular complexity index is 475. The fraction of sp³-hybridized carbons (Fsp3) is 0.133. The highest BCUT2D eigenvalue weighted by Gasteiger charge is 2.12. The van der Waals surface area contributed by atoms with Crippen LogP contribution in [0.25, 0.3) is 0 Å². The van der Waals surface area contributed by atoms with Crippen molar-refractivity contribution in [2.75, 3.05) is 5.75 Å². The predicted octanol–water partition coefficient (Wildman–Crippen LogP) is 3.48. The van der Waals surface area contributed by atoms with Crippen molar-refractivity contribution in [2.24, 2.45) is 10.7 Å². The zero-order chi connectivity index (χ0) is 12.8. The van der Waals surface area contributed by atoms with Gasteiger partial charge in [-0.3, -0.25) is 4.99 Å². The summed E-state index contributed by atoms with van der Waals surface area (Å²) < 4.78 is 0. The third kappa shape index (κ3) is 4.30. The number of nitrogens with two attached hydrogens (primary N) is 1. The zero-order valence-corrected chi connectivity index (χ0v) is 12.1. The van der Waals surface area contributed by atoms with Crippen LogP contribution in [0.3, 0.4) is 0 Å². The SMILES string of the molecule is Cl.NC(CS)=NC(c1ccccc1)c1ccccc1. The topological polar surface area (TPSA) is 38.4 Å². The molecule has 0 saturated carbocycles. The molecule has 0 fully saturated rings. The van der Waals surface area contributed by atoms with Gasteiger partial charge < -0.3 is 5.73 Å². The number of aliphatic imine (C=N–C) groups is 1. The summed E-state index contributed by atoms with van der Waals surface area (Å²) in [5.41, 5.74) is 8.09. The molecule has 0 amide bonds. The lowest BCUT2D eigenvalue weighted by molar-refractivity contribution is 0.869. The lowest BCUT2D eigenvalue weighted by atomic mass is 9.99. The second kappa shape index (κ2) is 7.87. The van der Waals surface area contributed by atoms with Crippen molar-refractivity contribution in [2.45, 2.75) is 6.04 Å². The molecule has 0 radical (unpaired) electrons. The first-order valence-corrected chi connectivity index (χ1v) is 6.47. The Labute approximate surface area is 125 Å². The van der Waals surface area contributed by atoms with Gasteiger partial charge in [-0.25, -0.2) is 0 Å². The fourth-order valence-electron chi connectivity index (χ4n) is 1.82. The minimum Gasteiger partial charge on any atom is -0.387 e. The van der Waals surface area contributed by atoms with Gasteiger partial charge in [0.05, 0.1) is 0 Å². The molecule has 100 valence electrons. The molecular weight excluding hydrogens is 276 g/mol. The van der Waals surface area contributed by atoms with Crippen LogP contribution in [0.1, 0.15) is 17.2 Å². The van der Waals surface area contributed by atoms with Crippen LogP contribution in [0.4, 0.5) is 0 Å². The minimum atomic E-state index is -0.0560. The molecule has 0 atom stereocenters. The molecule has 2 nitrogen and oxygen atoms in total. The molecule has 0 aliphatic carbocycles. The van der Waals surface area contributed by atoms with Crippen molar-refractivity contribution in [1.82, 2.24) is 0 Å². The highest BCUT2D eigenvalue weighted by molar-refractivity contribution is 7.81. The second-order valence-corrected chi connectivity index (χ2v) is 4.32. The smallest absolute Gasteiger partial charge is 0.105 e. The normalized spacial score (nSPS) is 11.2. The van der Waals surface area contributed by atoms with Gasteiger partial charge in [-0.05, 0) is 11.1 Å². The van der Waals surface area contributed by atoms with Gasteiger partial charge in [0.1, 0.15) is 11.9 Å². The number of halogens is 1. The van der Waals surface area contributed by atoms with Gasteiger partial charge in [-0.15, -0.1) is 12.4 Å². The van der Waals surface area contributed by atoms with Gasteiger partial charge in [-0.2, -0.15) is 12.6 Å². The van der Waals surface area contributed by atoms with Crippen LogP contribution < -0.4 is 5.73 Å². The van der Waals surface area contributed by atoms with E-state index in [4.69, 9.17) is 5.73 Å². The molecule has 0 aliphatic heterocycles. The van der Waals surface area contributed by atoms with Gasteiger partial charge in [-0.1, -0.05) is 60.7 Å². The van der Waals surface area contributed by atoms with Crippen LogP contribution in [0.15, 0.2) is 65.7 Å². The van der Waals surface area contributed by atoms with Crippen molar-refractivity contribution in [3.05, 3.63) is 71.8 Å². The van der Waals surface area contributed by atoms with E-state index >= 15 is 0 Å². The van der Waals surface area contributed by atoms with Crippen molar-refractivity contribution < 1.29 is 0 Å². The van der Waals surface area contributed by atoms with Gasteiger partial charge in [0.25, 0.3) is 0 Å². The molecule has 2 aromatic rings. The van der Waals surface area contributed by atoms with Crippen molar-refractivity contribution in [3.63, 3.8) is 0 Å². The Balaban J connectivity index is 0.00000180. The molecule has 0 spiro atoms. The largest absolute Gasteiger partial charge is 0.387 e. The van der Waals surface area contributed by atoms with Gasteiger partial charge in [0.15, 0.2) is 0 Å². The first-order chi connectivity index (χ1) is 8.81. The maximum atomic E-state index is 5.82. The van der Waals surface area contributed by atoms with E-state index in [0.717, 1.165) is 11.1 Å². The van der Waals surface area contributed by atoms with Crippen LogP contribution in [0, 0.1) is 0 Å². The molecule has 4 heteroatoms. The summed E-state index contributed by atoms with van der Waals surface area (Å²) in [5, 5.41) is 0. The Kier molecular flexibility index (Phi) is 6.46. The molecule has 0 unspecified atom stereocenters. The third-order valence-corrected chi connectivity index (χ3v) is 3.01. The average molecular weight is 293 g/mol. The van der Waals surface area contributed by atoms with Gasteiger partial charge in [0, 0.05) is 5.75 Å². The van der Waals surface area contributed by atoms with E-state index < -0.39 is 0 Å². The molecule has 0 saturated heterocycles. The van der Waals surface area contributed by atoms with Crippen molar-refractivity contribution >= 4 is 30.9 Å². The lowest BCUT2D eigenvalue weighted by Crippen LogP contribution is -2.15. The summed E-state index contributed by atoms with van der Waals surface area (Å²) in [6.45, 7) is 0. The van der Waals surface area contributed by atoms with Crippen molar-refractivity contribution in [1.29, 1.82) is 0 Å². The van der Waals surface area contributed by atoms with Gasteiger partial charge >= 0.3 is 0 Å². The van der Waals surface area contributed by atoms with E-state index in [1.165, 1.54) is 0 Å². The third-order valence-electron chi connectivity index (χ3n) is 2.69. The average Bonchev–Trinajstić information content (AvgIpc) is 2.46. The van der Waals surface area contributed by atoms with E-state index in [9.17, 15) is 0 Å². The van der Waals surface area contributed by atoms with E-state index in [-0.39, 0.29) is 18.4 Å². The van der Waals surface area contributed by atoms with E-state index in [1.807, 2.05) is 36.4 Å². The van der Waals surface area contributed by atoms with E-state index in [2.05, 4.69) is 41.9 Å². The maximum absolute atomic E-state index is 5.82. The molecule has 2 aromatic carbocycles. The summed E-state index contributed by atoms with van der Waals surface area (Å²) in [5.74, 6) is 1.02. The van der Waals surface area contributed by atoms with Crippen LogP contribution in [0.5, 0.6) is 0 Å². The number of benzene rings is 2. The number of hydrogen-bond donors (Lipinski definition) is 2. The zero-order valence-electron chi connectivity index (χ0n) is 10.4. The molecule has 2 rings (SSSR count). The molecular formula is C15H17ClN2S. The van der Waals surface area contributed by atoms with E-state index in [1.54, 1.807) is 0 Å². The highest BCUT2D eigenvalue weighted by Crippen LogP contribution is 2.25. The highest BCUT2D eigenvalue weighted by atomic mass is 35.5. The number of thiol groups is 1. The first-order valence-electron chi connectivity index (χ1n) is 5.84. The molecule has 0 heterocycles. The molecule has 0 bridgehead atoms. The summed E-state index contributed by atoms with van der Waals surface area (Å²) in [4.78, 5) is 4.55. The Morgan fingerprint density at radius 2 is 1.37 bits per heavy atom. The van der Waals surface area contributed by atoms with Gasteiger partial charge in [0.2, 0.25) is 0 Å². The maximum Gasteiger partial charge on any atom is 0.105 e. The quantitative estimate of drug-likeness (QED) is 0.505. The monoisotopic (exact) mass is 292 g/mol. The Hall–Kier alpha value is -1.45. The fourth-order valence-corrected chi connectivity index (χ4v) is 1.90. The Morgan fingerprint density at radius 3 is 1.74 bits per heavy atom. The molecule has 2 N–H and O–H groups in total. The van der Waals surface area contributed by atoms with Crippen LogP contribution in [-0.2, 0) is 0 Å². The first kappa shape index (κ1) is 15.6. The standard InChI is InChI=1S/C15H16N2S.ClH/c16-14(11-18)17-15(12-7-3-1-4-8-12)13-9-5-2-6-10-13;/h1-10,15,18H,11H2,(H2,16,17);1H. The minimum absolute atomic E-state index is 0. The Morgan fingerprint density at radius 1 is 0.947 bits per heavy atom. The second-order valence-electron chi connectivity index (χ2n) is 4.00. The van der Waals surface area contributed by atoms with Crippen LogP contribution >= 0.6 is 25.0 Å². The van der Waals surface area contributed by atoms with Crippen molar-refractivity contribution in [3.8, 4) is 0 Å². The summed E-state index contributed by atoms with van der Waals surface area (Å²) in [6, 6.07) is 20.2. The number of hydrogen-bond acceptors (Lipinski definition) is 2. The molecule has 19 heavy (non-hydrogen) atoms. The molecule has 0 aromatic heterocycles.